The zero-order valence-electron chi connectivity index (χ0n) is 13.5. The molecule has 0 bridgehead atoms. The summed E-state index contributed by atoms with van der Waals surface area (Å²) in [6.07, 6.45) is -0.735. The number of nitrogens with one attached hydrogen (secondary N) is 1. The number of aliphatic hydroxyl groups is 1. The molecule has 22 heavy (non-hydrogen) atoms. The minimum absolute atomic E-state index is 0.0158. The second kappa shape index (κ2) is 8.86. The number of ether oxygens (including phenoxy) is 1. The quantitative estimate of drug-likeness (QED) is 0.809. The van der Waals surface area contributed by atoms with Gasteiger partial charge >= 0.3 is 6.03 Å². The highest BCUT2D eigenvalue weighted by Crippen LogP contribution is 2.16. The summed E-state index contributed by atoms with van der Waals surface area (Å²) in [7, 11) is 0. The van der Waals surface area contributed by atoms with E-state index in [0.717, 1.165) is 0 Å². The molecule has 0 fully saturated rings. The number of amides is 2. The maximum atomic E-state index is 12.2. The molecule has 0 saturated heterocycles. The molecule has 1 aromatic rings. The van der Waals surface area contributed by atoms with Crippen LogP contribution in [0.3, 0.4) is 0 Å². The molecule has 2 amide bonds. The van der Waals surface area contributed by atoms with E-state index < -0.39 is 6.10 Å². The molecule has 0 heterocycles. The van der Waals surface area contributed by atoms with Gasteiger partial charge in [-0.15, -0.1) is 0 Å². The third kappa shape index (κ3) is 6.54. The van der Waals surface area contributed by atoms with E-state index >= 15 is 0 Å². The normalized spacial score (nSPS) is 13.6. The first-order valence-corrected chi connectivity index (χ1v) is 7.82. The number of nitrogens with zero attached hydrogens (tertiary/aromatic N) is 1. The van der Waals surface area contributed by atoms with Crippen LogP contribution in [0.2, 0.25) is 5.02 Å². The molecule has 0 spiro atoms. The molecule has 2 atom stereocenters. The summed E-state index contributed by atoms with van der Waals surface area (Å²) < 4.78 is 5.70. The van der Waals surface area contributed by atoms with Gasteiger partial charge in [-0.3, -0.25) is 0 Å². The zero-order valence-corrected chi connectivity index (χ0v) is 14.3. The maximum Gasteiger partial charge on any atom is 0.317 e. The molecule has 0 aliphatic carbocycles. The van der Waals surface area contributed by atoms with Gasteiger partial charge in [0.1, 0.15) is 11.9 Å². The molecule has 2 N–H and O–H groups in total. The minimum atomic E-state index is -0.559. The van der Waals surface area contributed by atoms with Gasteiger partial charge in [-0.2, -0.15) is 0 Å². The molecular formula is C16H25ClN2O3. The van der Waals surface area contributed by atoms with Crippen molar-refractivity contribution in [2.45, 2.75) is 45.9 Å². The van der Waals surface area contributed by atoms with Gasteiger partial charge in [-0.1, -0.05) is 11.6 Å². The van der Waals surface area contributed by atoms with E-state index in [4.69, 9.17) is 16.3 Å². The Labute approximate surface area is 137 Å². The van der Waals surface area contributed by atoms with Crippen molar-refractivity contribution < 1.29 is 14.6 Å². The average molecular weight is 329 g/mol. The van der Waals surface area contributed by atoms with E-state index in [1.54, 1.807) is 36.1 Å². The van der Waals surface area contributed by atoms with Crippen LogP contribution in [0.5, 0.6) is 5.75 Å². The Morgan fingerprint density at radius 3 is 2.36 bits per heavy atom. The topological polar surface area (TPSA) is 61.8 Å². The Balaban J connectivity index is 2.46. The molecule has 0 aliphatic rings. The van der Waals surface area contributed by atoms with Gasteiger partial charge in [0.05, 0.1) is 12.6 Å². The molecule has 2 unspecified atom stereocenters. The van der Waals surface area contributed by atoms with Crippen molar-refractivity contribution in [2.24, 2.45) is 0 Å². The second-order valence-electron chi connectivity index (χ2n) is 5.66. The SMILES string of the molecule is CC(O)CN(C(=O)NCC(C)Oc1ccc(Cl)cc1)C(C)C. The van der Waals surface area contributed by atoms with Crippen LogP contribution < -0.4 is 10.1 Å². The molecular weight excluding hydrogens is 304 g/mol. The Morgan fingerprint density at radius 1 is 1.27 bits per heavy atom. The van der Waals surface area contributed by atoms with Crippen LogP contribution >= 0.6 is 11.6 Å². The lowest BCUT2D eigenvalue weighted by Gasteiger charge is -2.28. The maximum absolute atomic E-state index is 12.2. The Bertz CT molecular complexity index is 463. The van der Waals surface area contributed by atoms with E-state index in [9.17, 15) is 9.90 Å². The standard InChI is InChI=1S/C16H25ClN2O3/c1-11(2)19(10-12(3)20)16(21)18-9-13(4)22-15-7-5-14(17)6-8-15/h5-8,11-13,20H,9-10H2,1-4H3,(H,18,21). The van der Waals surface area contributed by atoms with Gasteiger partial charge in [-0.25, -0.2) is 4.79 Å². The first kappa shape index (κ1) is 18.6. The molecule has 0 saturated carbocycles. The van der Waals surface area contributed by atoms with Crippen molar-refractivity contribution in [3.05, 3.63) is 29.3 Å². The number of carbonyl (C=O) groups excluding carboxylic acids is 1. The number of benzene rings is 1. The molecule has 124 valence electrons. The minimum Gasteiger partial charge on any atom is -0.489 e. The predicted octanol–water partition coefficient (Wildman–Crippen LogP) is 2.91. The van der Waals surface area contributed by atoms with Crippen molar-refractivity contribution >= 4 is 17.6 Å². The van der Waals surface area contributed by atoms with Gasteiger partial charge in [0, 0.05) is 17.6 Å². The number of carbonyl (C=O) groups is 1. The Hall–Kier alpha value is -1.46. The molecule has 1 aromatic carbocycles. The van der Waals surface area contributed by atoms with E-state index in [2.05, 4.69) is 5.32 Å². The fraction of sp³-hybridized carbons (Fsp3) is 0.562. The monoisotopic (exact) mass is 328 g/mol. The van der Waals surface area contributed by atoms with Crippen molar-refractivity contribution in [2.75, 3.05) is 13.1 Å². The number of aliphatic hydroxyl groups excluding tert-OH is 1. The zero-order chi connectivity index (χ0) is 16.7. The summed E-state index contributed by atoms with van der Waals surface area (Å²) in [5, 5.41) is 12.9. The van der Waals surface area contributed by atoms with E-state index in [1.165, 1.54) is 0 Å². The van der Waals surface area contributed by atoms with Crippen LogP contribution in [-0.4, -0.2) is 47.4 Å². The van der Waals surface area contributed by atoms with Gasteiger partial charge in [0.15, 0.2) is 0 Å². The van der Waals surface area contributed by atoms with Crippen LogP contribution in [0.1, 0.15) is 27.7 Å². The molecule has 1 rings (SSSR count). The van der Waals surface area contributed by atoms with Crippen molar-refractivity contribution in [1.82, 2.24) is 10.2 Å². The summed E-state index contributed by atoms with van der Waals surface area (Å²) >= 11 is 5.82. The summed E-state index contributed by atoms with van der Waals surface area (Å²) in [5.41, 5.74) is 0. The number of hydrogen-bond acceptors (Lipinski definition) is 3. The fourth-order valence-corrected chi connectivity index (χ4v) is 2.06. The van der Waals surface area contributed by atoms with Gasteiger partial charge in [0.25, 0.3) is 0 Å². The van der Waals surface area contributed by atoms with Gasteiger partial charge < -0.3 is 20.1 Å². The lowest BCUT2D eigenvalue weighted by Crippen LogP contribution is -2.48. The highest BCUT2D eigenvalue weighted by atomic mass is 35.5. The third-order valence-electron chi connectivity index (χ3n) is 3.04. The Morgan fingerprint density at radius 2 is 1.86 bits per heavy atom. The third-order valence-corrected chi connectivity index (χ3v) is 3.29. The summed E-state index contributed by atoms with van der Waals surface area (Å²) in [5.74, 6) is 0.704. The summed E-state index contributed by atoms with van der Waals surface area (Å²) in [4.78, 5) is 13.7. The van der Waals surface area contributed by atoms with Crippen LogP contribution in [0.15, 0.2) is 24.3 Å². The summed E-state index contributed by atoms with van der Waals surface area (Å²) in [6.45, 7) is 8.05. The van der Waals surface area contributed by atoms with Crippen molar-refractivity contribution in [3.8, 4) is 5.75 Å². The summed E-state index contributed by atoms with van der Waals surface area (Å²) in [6, 6.07) is 6.89. The molecule has 5 nitrogen and oxygen atoms in total. The predicted molar refractivity (Wildman–Crippen MR) is 88.5 cm³/mol. The van der Waals surface area contributed by atoms with Gasteiger partial charge in [0.2, 0.25) is 0 Å². The van der Waals surface area contributed by atoms with E-state index in [-0.39, 0.29) is 18.2 Å². The lowest BCUT2D eigenvalue weighted by molar-refractivity contribution is 0.116. The number of rotatable bonds is 7. The number of urea groups is 1. The molecule has 6 heteroatoms. The van der Waals surface area contributed by atoms with Crippen molar-refractivity contribution in [1.29, 1.82) is 0 Å². The smallest absolute Gasteiger partial charge is 0.317 e. The average Bonchev–Trinajstić information content (AvgIpc) is 2.44. The van der Waals surface area contributed by atoms with E-state index in [0.29, 0.717) is 23.9 Å². The van der Waals surface area contributed by atoms with Crippen LogP contribution in [0.4, 0.5) is 4.79 Å². The number of halogens is 1. The second-order valence-corrected chi connectivity index (χ2v) is 6.10. The van der Waals surface area contributed by atoms with Crippen LogP contribution in [0, 0.1) is 0 Å². The molecule has 0 radical (unpaired) electrons. The largest absolute Gasteiger partial charge is 0.489 e. The van der Waals surface area contributed by atoms with Gasteiger partial charge in [-0.05, 0) is 52.0 Å². The highest BCUT2D eigenvalue weighted by Gasteiger charge is 2.19. The first-order chi connectivity index (χ1) is 10.3. The lowest BCUT2D eigenvalue weighted by atomic mass is 10.3. The first-order valence-electron chi connectivity index (χ1n) is 7.44. The van der Waals surface area contributed by atoms with Crippen LogP contribution in [-0.2, 0) is 0 Å². The van der Waals surface area contributed by atoms with Crippen molar-refractivity contribution in [3.63, 3.8) is 0 Å². The Kier molecular flexibility index (Phi) is 7.48. The molecule has 0 aromatic heterocycles. The number of hydrogen-bond donors (Lipinski definition) is 2. The molecule has 0 aliphatic heterocycles. The van der Waals surface area contributed by atoms with Crippen LogP contribution in [0.25, 0.3) is 0 Å². The van der Waals surface area contributed by atoms with E-state index in [1.807, 2.05) is 20.8 Å². The fourth-order valence-electron chi connectivity index (χ4n) is 1.93. The highest BCUT2D eigenvalue weighted by molar-refractivity contribution is 6.30.